The van der Waals surface area contributed by atoms with Crippen LogP contribution in [0.2, 0.25) is 0 Å². The smallest absolute Gasteiger partial charge is 0.0959 e. The summed E-state index contributed by atoms with van der Waals surface area (Å²) in [4.78, 5) is 4.50. The molecule has 0 amide bonds. The fourth-order valence-electron chi connectivity index (χ4n) is 2.37. The third kappa shape index (κ3) is 4.15. The monoisotopic (exact) mass is 274 g/mol. The molecule has 19 heavy (non-hydrogen) atoms. The minimum atomic E-state index is 0.531. The summed E-state index contributed by atoms with van der Waals surface area (Å²) in [5, 5.41) is 3.33. The van der Waals surface area contributed by atoms with E-state index in [2.05, 4.69) is 48.5 Å². The topological polar surface area (TPSA) is 38.9 Å². The fourth-order valence-corrected chi connectivity index (χ4v) is 3.13. The van der Waals surface area contributed by atoms with Gasteiger partial charge in [0.15, 0.2) is 0 Å². The normalized spacial score (nSPS) is 12.8. The van der Waals surface area contributed by atoms with Crippen LogP contribution in [0.3, 0.4) is 0 Å². The van der Waals surface area contributed by atoms with Crippen LogP contribution >= 0.6 is 11.3 Å². The maximum atomic E-state index is 5.64. The van der Waals surface area contributed by atoms with Crippen LogP contribution in [0.1, 0.15) is 42.3 Å². The van der Waals surface area contributed by atoms with Gasteiger partial charge in [0.25, 0.3) is 0 Å². The lowest BCUT2D eigenvalue weighted by molar-refractivity contribution is 0.495. The number of nitrogens with two attached hydrogens (primary N) is 1. The largest absolute Gasteiger partial charge is 0.326 e. The van der Waals surface area contributed by atoms with Crippen molar-refractivity contribution >= 4 is 11.3 Å². The summed E-state index contributed by atoms with van der Waals surface area (Å²) in [7, 11) is 0. The quantitative estimate of drug-likeness (QED) is 0.865. The molecule has 0 aliphatic heterocycles. The van der Waals surface area contributed by atoms with Crippen LogP contribution in [0, 0.1) is 5.92 Å². The minimum Gasteiger partial charge on any atom is -0.326 e. The molecule has 0 aliphatic carbocycles. The van der Waals surface area contributed by atoms with E-state index < -0.39 is 0 Å². The molecule has 0 radical (unpaired) electrons. The van der Waals surface area contributed by atoms with Crippen molar-refractivity contribution in [2.75, 3.05) is 0 Å². The van der Waals surface area contributed by atoms with Crippen molar-refractivity contribution < 1.29 is 0 Å². The van der Waals surface area contributed by atoms with E-state index in [4.69, 9.17) is 5.73 Å². The Balaban J connectivity index is 2.10. The van der Waals surface area contributed by atoms with Crippen LogP contribution in [-0.2, 0) is 13.0 Å². The number of hydrogen-bond donors (Lipinski definition) is 1. The zero-order chi connectivity index (χ0) is 13.7. The summed E-state index contributed by atoms with van der Waals surface area (Å²) >= 11 is 1.77. The average molecular weight is 274 g/mol. The summed E-state index contributed by atoms with van der Waals surface area (Å²) in [6, 6.07) is 8.65. The average Bonchev–Trinajstić information content (AvgIpc) is 2.92. The predicted octanol–water partition coefficient (Wildman–Crippen LogP) is 3.97. The van der Waals surface area contributed by atoms with Gasteiger partial charge in [-0.25, -0.2) is 4.98 Å². The van der Waals surface area contributed by atoms with Gasteiger partial charge in [-0.05, 0) is 29.9 Å². The van der Waals surface area contributed by atoms with Crippen LogP contribution in [0.5, 0.6) is 0 Å². The second kappa shape index (κ2) is 6.83. The van der Waals surface area contributed by atoms with Crippen LogP contribution in [0.25, 0.3) is 0 Å². The van der Waals surface area contributed by atoms with Crippen LogP contribution in [-0.4, -0.2) is 4.98 Å². The zero-order valence-electron chi connectivity index (χ0n) is 11.7. The first-order chi connectivity index (χ1) is 9.19. The standard InChI is InChI=1S/C16H22N2S/c1-12(2)9-15(16-18-7-8-19-16)10-13-3-5-14(11-17)6-4-13/h3-8,12,15H,9-11,17H2,1-2H3. The van der Waals surface area contributed by atoms with Gasteiger partial charge in [0.05, 0.1) is 5.01 Å². The highest BCUT2D eigenvalue weighted by Gasteiger charge is 2.16. The van der Waals surface area contributed by atoms with Gasteiger partial charge in [0.2, 0.25) is 0 Å². The van der Waals surface area contributed by atoms with Gasteiger partial charge >= 0.3 is 0 Å². The molecule has 0 saturated heterocycles. The maximum absolute atomic E-state index is 5.64. The molecule has 3 heteroatoms. The molecule has 0 fully saturated rings. The molecule has 102 valence electrons. The molecule has 1 atom stereocenters. The summed E-state index contributed by atoms with van der Waals surface area (Å²) in [5.41, 5.74) is 8.20. The van der Waals surface area contributed by atoms with E-state index in [1.807, 2.05) is 6.20 Å². The molecular formula is C16H22N2S. The summed E-state index contributed by atoms with van der Waals surface area (Å²) in [6.07, 6.45) is 4.16. The Kier molecular flexibility index (Phi) is 5.11. The summed E-state index contributed by atoms with van der Waals surface area (Å²) in [6.45, 7) is 5.17. The van der Waals surface area contributed by atoms with Crippen molar-refractivity contribution in [3.63, 3.8) is 0 Å². The third-order valence-corrected chi connectivity index (χ3v) is 4.24. The van der Waals surface area contributed by atoms with Crippen molar-refractivity contribution in [3.05, 3.63) is 52.0 Å². The number of thiazole rings is 1. The van der Waals surface area contributed by atoms with Gasteiger partial charge in [-0.1, -0.05) is 38.1 Å². The molecule has 1 heterocycles. The number of rotatable bonds is 6. The summed E-state index contributed by atoms with van der Waals surface area (Å²) < 4.78 is 0. The Morgan fingerprint density at radius 3 is 2.37 bits per heavy atom. The van der Waals surface area contributed by atoms with Gasteiger partial charge < -0.3 is 5.73 Å². The number of benzene rings is 1. The van der Waals surface area contributed by atoms with Crippen molar-refractivity contribution in [2.45, 2.75) is 39.2 Å². The van der Waals surface area contributed by atoms with Crippen molar-refractivity contribution in [3.8, 4) is 0 Å². The van der Waals surface area contributed by atoms with E-state index in [0.29, 0.717) is 18.4 Å². The van der Waals surface area contributed by atoms with Crippen LogP contribution in [0.4, 0.5) is 0 Å². The molecule has 0 aliphatic rings. The van der Waals surface area contributed by atoms with E-state index in [1.165, 1.54) is 22.6 Å². The summed E-state index contributed by atoms with van der Waals surface area (Å²) in [5.74, 6) is 1.22. The lowest BCUT2D eigenvalue weighted by Crippen LogP contribution is -2.06. The van der Waals surface area contributed by atoms with Gasteiger partial charge in [0.1, 0.15) is 0 Å². The Labute approximate surface area is 119 Å². The first-order valence-corrected chi connectivity index (χ1v) is 7.74. The zero-order valence-corrected chi connectivity index (χ0v) is 12.5. The molecule has 0 bridgehead atoms. The molecule has 1 unspecified atom stereocenters. The Morgan fingerprint density at radius 2 is 1.84 bits per heavy atom. The van der Waals surface area contributed by atoms with E-state index >= 15 is 0 Å². The van der Waals surface area contributed by atoms with Crippen LogP contribution in [0.15, 0.2) is 35.8 Å². The highest BCUT2D eigenvalue weighted by atomic mass is 32.1. The molecule has 2 rings (SSSR count). The van der Waals surface area contributed by atoms with Crippen LogP contribution < -0.4 is 5.73 Å². The number of aromatic nitrogens is 1. The number of hydrogen-bond acceptors (Lipinski definition) is 3. The van der Waals surface area contributed by atoms with Crippen molar-refractivity contribution in [2.24, 2.45) is 11.7 Å². The number of nitrogens with zero attached hydrogens (tertiary/aromatic N) is 1. The van der Waals surface area contributed by atoms with E-state index in [1.54, 1.807) is 11.3 Å². The van der Waals surface area contributed by atoms with Gasteiger partial charge in [0, 0.05) is 24.0 Å². The second-order valence-electron chi connectivity index (χ2n) is 5.42. The maximum Gasteiger partial charge on any atom is 0.0959 e. The van der Waals surface area contributed by atoms with Gasteiger partial charge in [-0.15, -0.1) is 11.3 Å². The first kappa shape index (κ1) is 14.2. The Morgan fingerprint density at radius 1 is 1.16 bits per heavy atom. The minimum absolute atomic E-state index is 0.531. The Hall–Kier alpha value is -1.19. The molecule has 0 saturated carbocycles. The van der Waals surface area contributed by atoms with E-state index in [9.17, 15) is 0 Å². The van der Waals surface area contributed by atoms with E-state index in [0.717, 1.165) is 6.42 Å². The second-order valence-corrected chi connectivity index (χ2v) is 6.35. The highest BCUT2D eigenvalue weighted by Crippen LogP contribution is 2.29. The molecule has 1 aromatic heterocycles. The van der Waals surface area contributed by atoms with Gasteiger partial charge in [-0.2, -0.15) is 0 Å². The lowest BCUT2D eigenvalue weighted by Gasteiger charge is -2.17. The SMILES string of the molecule is CC(C)CC(Cc1ccc(CN)cc1)c1nccs1. The highest BCUT2D eigenvalue weighted by molar-refractivity contribution is 7.09. The van der Waals surface area contributed by atoms with Crippen molar-refractivity contribution in [1.82, 2.24) is 4.98 Å². The molecule has 2 aromatic rings. The Bertz CT molecular complexity index is 474. The first-order valence-electron chi connectivity index (χ1n) is 6.86. The molecule has 2 N–H and O–H groups in total. The van der Waals surface area contributed by atoms with Crippen molar-refractivity contribution in [1.29, 1.82) is 0 Å². The molecule has 0 spiro atoms. The van der Waals surface area contributed by atoms with Gasteiger partial charge in [-0.3, -0.25) is 0 Å². The fraction of sp³-hybridized carbons (Fsp3) is 0.438. The molecule has 1 aromatic carbocycles. The lowest BCUT2D eigenvalue weighted by atomic mass is 9.91. The predicted molar refractivity (Wildman–Crippen MR) is 82.3 cm³/mol. The van der Waals surface area contributed by atoms with E-state index in [-0.39, 0.29) is 0 Å². The molecular weight excluding hydrogens is 252 g/mol. The third-order valence-electron chi connectivity index (χ3n) is 3.30. The molecule has 2 nitrogen and oxygen atoms in total.